The highest BCUT2D eigenvalue weighted by Crippen LogP contribution is 2.16. The SMILES string of the molecule is Cc1ccc(C(=O)C=[N+]=[N-])cc1Cl. The first-order valence-corrected chi connectivity index (χ1v) is 4.01. The van der Waals surface area contributed by atoms with Crippen LogP contribution in [0.15, 0.2) is 18.2 Å². The third-order valence-electron chi connectivity index (χ3n) is 1.63. The Bertz CT molecular complexity index is 395. The van der Waals surface area contributed by atoms with Gasteiger partial charge in [0.15, 0.2) is 0 Å². The summed E-state index contributed by atoms with van der Waals surface area (Å²) in [5, 5.41) is 0.525. The number of Topliss-reactive ketones (excluding diaryl/α,β-unsaturated/α-hetero) is 1. The fraction of sp³-hybridized carbons (Fsp3) is 0.111. The number of hydrogen-bond donors (Lipinski definition) is 0. The number of hydrogen-bond acceptors (Lipinski definition) is 1. The molecule has 0 saturated carbocycles. The standard InChI is InChI=1S/C9H7ClN2O/c1-6-2-3-7(4-8(6)10)9(13)5-12-11/h2-5H,1H3. The number of nitrogens with zero attached hydrogens (tertiary/aromatic N) is 2. The van der Waals surface area contributed by atoms with Crippen molar-refractivity contribution in [2.24, 2.45) is 0 Å². The van der Waals surface area contributed by atoms with Crippen LogP contribution in [-0.2, 0) is 0 Å². The van der Waals surface area contributed by atoms with E-state index in [0.717, 1.165) is 11.8 Å². The van der Waals surface area contributed by atoms with Gasteiger partial charge in [0.1, 0.15) is 0 Å². The fourth-order valence-electron chi connectivity index (χ4n) is 0.873. The minimum Gasteiger partial charge on any atom is -0.361 e. The van der Waals surface area contributed by atoms with E-state index in [-0.39, 0.29) is 5.78 Å². The van der Waals surface area contributed by atoms with Gasteiger partial charge < -0.3 is 5.53 Å². The summed E-state index contributed by atoms with van der Waals surface area (Å²) in [6.45, 7) is 1.84. The van der Waals surface area contributed by atoms with Gasteiger partial charge in [-0.1, -0.05) is 23.7 Å². The molecule has 0 aliphatic heterocycles. The molecule has 0 unspecified atom stereocenters. The minimum atomic E-state index is -0.371. The van der Waals surface area contributed by atoms with E-state index < -0.39 is 0 Å². The van der Waals surface area contributed by atoms with Crippen molar-refractivity contribution in [3.05, 3.63) is 39.9 Å². The lowest BCUT2D eigenvalue weighted by molar-refractivity contribution is 0.00235. The number of rotatable bonds is 2. The quantitative estimate of drug-likeness (QED) is 0.308. The topological polar surface area (TPSA) is 53.5 Å². The Morgan fingerprint density at radius 2 is 2.31 bits per heavy atom. The summed E-state index contributed by atoms with van der Waals surface area (Å²) in [5.41, 5.74) is 9.45. The van der Waals surface area contributed by atoms with Crippen molar-refractivity contribution < 1.29 is 9.58 Å². The van der Waals surface area contributed by atoms with Crippen LogP contribution in [0.3, 0.4) is 0 Å². The summed E-state index contributed by atoms with van der Waals surface area (Å²) in [6, 6.07) is 4.91. The maximum atomic E-state index is 11.1. The third-order valence-corrected chi connectivity index (χ3v) is 2.04. The number of carbonyl (C=O) groups excluding carboxylic acids is 1. The zero-order valence-electron chi connectivity index (χ0n) is 6.99. The predicted octanol–water partition coefficient (Wildman–Crippen LogP) is 2.13. The summed E-state index contributed by atoms with van der Waals surface area (Å²) < 4.78 is 0. The molecule has 0 radical (unpaired) electrons. The maximum Gasteiger partial charge on any atom is 0.328 e. The van der Waals surface area contributed by atoms with Crippen molar-refractivity contribution in [2.45, 2.75) is 6.92 Å². The minimum absolute atomic E-state index is 0.371. The Morgan fingerprint density at radius 1 is 1.62 bits per heavy atom. The van der Waals surface area contributed by atoms with Crippen LogP contribution in [0.5, 0.6) is 0 Å². The molecule has 0 aromatic heterocycles. The molecule has 0 N–H and O–H groups in total. The van der Waals surface area contributed by atoms with Crippen molar-refractivity contribution in [2.75, 3.05) is 0 Å². The van der Waals surface area contributed by atoms with E-state index in [1.807, 2.05) is 6.92 Å². The van der Waals surface area contributed by atoms with Gasteiger partial charge in [-0.3, -0.25) is 4.79 Å². The average molecular weight is 195 g/mol. The Hall–Kier alpha value is -1.44. The number of aryl methyl sites for hydroxylation is 1. The zero-order valence-corrected chi connectivity index (χ0v) is 7.75. The van der Waals surface area contributed by atoms with Crippen molar-refractivity contribution in [1.82, 2.24) is 0 Å². The van der Waals surface area contributed by atoms with Crippen molar-refractivity contribution in [1.29, 1.82) is 0 Å². The van der Waals surface area contributed by atoms with Crippen LogP contribution >= 0.6 is 11.6 Å². The monoisotopic (exact) mass is 194 g/mol. The van der Waals surface area contributed by atoms with Crippen LogP contribution in [0.2, 0.25) is 5.02 Å². The van der Waals surface area contributed by atoms with Crippen LogP contribution in [0.4, 0.5) is 0 Å². The smallest absolute Gasteiger partial charge is 0.328 e. The lowest BCUT2D eigenvalue weighted by Gasteiger charge is -1.97. The van der Waals surface area contributed by atoms with Crippen LogP contribution in [0.25, 0.3) is 5.53 Å². The second-order valence-corrected chi connectivity index (χ2v) is 2.98. The van der Waals surface area contributed by atoms with Crippen LogP contribution in [0.1, 0.15) is 15.9 Å². The van der Waals surface area contributed by atoms with Gasteiger partial charge in [-0.25, -0.2) is 0 Å². The van der Waals surface area contributed by atoms with Crippen molar-refractivity contribution >= 4 is 23.6 Å². The first kappa shape index (κ1) is 9.65. The third kappa shape index (κ3) is 2.25. The number of ketones is 1. The number of halogens is 1. The molecule has 1 aromatic carbocycles. The van der Waals surface area contributed by atoms with E-state index >= 15 is 0 Å². The molecule has 3 nitrogen and oxygen atoms in total. The second-order valence-electron chi connectivity index (χ2n) is 2.57. The molecule has 1 rings (SSSR count). The molecule has 0 amide bonds. The molecule has 0 aliphatic carbocycles. The van der Waals surface area contributed by atoms with Crippen molar-refractivity contribution in [3.8, 4) is 0 Å². The van der Waals surface area contributed by atoms with E-state index in [9.17, 15) is 4.79 Å². The fourth-order valence-corrected chi connectivity index (χ4v) is 1.05. The van der Waals surface area contributed by atoms with Crippen molar-refractivity contribution in [3.63, 3.8) is 0 Å². The van der Waals surface area contributed by atoms with Crippen LogP contribution in [-0.4, -0.2) is 16.8 Å². The van der Waals surface area contributed by atoms with E-state index in [4.69, 9.17) is 17.1 Å². The first-order valence-electron chi connectivity index (χ1n) is 3.63. The molecule has 1 aromatic rings. The number of benzene rings is 1. The summed E-state index contributed by atoms with van der Waals surface area (Å²) in [6.07, 6.45) is 0.834. The van der Waals surface area contributed by atoms with Gasteiger partial charge in [-0.05, 0) is 18.6 Å². The Balaban J connectivity index is 3.10. The number of carbonyl (C=O) groups is 1. The van der Waals surface area contributed by atoms with Crippen LogP contribution in [0, 0.1) is 6.92 Å². The molecule has 13 heavy (non-hydrogen) atoms. The van der Waals surface area contributed by atoms with Gasteiger partial charge in [0.2, 0.25) is 0 Å². The van der Waals surface area contributed by atoms with Gasteiger partial charge in [-0.15, -0.1) is 0 Å². The van der Waals surface area contributed by atoms with Gasteiger partial charge >= 0.3 is 6.21 Å². The molecule has 0 atom stereocenters. The average Bonchev–Trinajstić information content (AvgIpc) is 2.10. The van der Waals surface area contributed by atoms with Crippen LogP contribution < -0.4 is 0 Å². The molecular formula is C9H7ClN2O. The van der Waals surface area contributed by atoms with Gasteiger partial charge in [0.05, 0.1) is 0 Å². The molecule has 0 fully saturated rings. The summed E-state index contributed by atoms with van der Waals surface area (Å²) in [4.78, 5) is 13.8. The Morgan fingerprint density at radius 3 is 2.85 bits per heavy atom. The van der Waals surface area contributed by atoms with E-state index in [2.05, 4.69) is 4.79 Å². The highest BCUT2D eigenvalue weighted by molar-refractivity contribution is 6.35. The summed E-state index contributed by atoms with van der Waals surface area (Å²) in [7, 11) is 0. The largest absolute Gasteiger partial charge is 0.361 e. The molecular weight excluding hydrogens is 188 g/mol. The lowest BCUT2D eigenvalue weighted by Crippen LogP contribution is -2.00. The van der Waals surface area contributed by atoms with Gasteiger partial charge in [0.25, 0.3) is 5.78 Å². The highest BCUT2D eigenvalue weighted by Gasteiger charge is 2.07. The van der Waals surface area contributed by atoms with E-state index in [1.54, 1.807) is 18.2 Å². The normalized spacial score (nSPS) is 9.08. The molecule has 0 aliphatic rings. The Kier molecular flexibility index (Phi) is 2.96. The first-order chi connectivity index (χ1) is 6.15. The van der Waals surface area contributed by atoms with E-state index in [0.29, 0.717) is 10.6 Å². The Labute approximate surface area is 80.6 Å². The molecule has 0 bridgehead atoms. The van der Waals surface area contributed by atoms with Gasteiger partial charge in [-0.2, -0.15) is 4.79 Å². The maximum absolute atomic E-state index is 11.1. The lowest BCUT2D eigenvalue weighted by atomic mass is 10.1. The zero-order chi connectivity index (χ0) is 9.84. The molecule has 66 valence electrons. The summed E-state index contributed by atoms with van der Waals surface area (Å²) in [5.74, 6) is -0.371. The predicted molar refractivity (Wildman–Crippen MR) is 50.2 cm³/mol. The van der Waals surface area contributed by atoms with E-state index in [1.165, 1.54) is 0 Å². The van der Waals surface area contributed by atoms with Gasteiger partial charge in [0, 0.05) is 10.6 Å². The highest BCUT2D eigenvalue weighted by atomic mass is 35.5. The second kappa shape index (κ2) is 3.99. The molecule has 0 saturated heterocycles. The summed E-state index contributed by atoms with van der Waals surface area (Å²) >= 11 is 5.80. The molecule has 0 heterocycles. The molecule has 4 heteroatoms. The molecule has 0 spiro atoms.